The molecule has 0 aromatic carbocycles. The molecular weight excluding hydrogens is 194 g/mol. The summed E-state index contributed by atoms with van der Waals surface area (Å²) in [4.78, 5) is 2.33. The van der Waals surface area contributed by atoms with Crippen LogP contribution >= 0.6 is 0 Å². The van der Waals surface area contributed by atoms with E-state index in [1.54, 1.807) is 0 Å². The van der Waals surface area contributed by atoms with Crippen molar-refractivity contribution >= 4 is 0 Å². The zero-order valence-corrected chi connectivity index (χ0v) is 9.51. The van der Waals surface area contributed by atoms with Gasteiger partial charge in [0.05, 0.1) is 6.10 Å². The Kier molecular flexibility index (Phi) is 1.97. The minimum atomic E-state index is -0.446. The largest absolute Gasteiger partial charge is 0.391 e. The number of fused-ring (bicyclic) bond motifs is 3. The Hall–Kier alpha value is -0.160. The molecule has 0 spiro atoms. The predicted molar refractivity (Wildman–Crippen MR) is 54.4 cm³/mol. The van der Waals surface area contributed by atoms with Crippen molar-refractivity contribution in [3.8, 4) is 0 Å². The van der Waals surface area contributed by atoms with Crippen molar-refractivity contribution in [2.24, 2.45) is 0 Å². The molecule has 3 fully saturated rings. The van der Waals surface area contributed by atoms with Gasteiger partial charge in [0.15, 0.2) is 5.79 Å². The van der Waals surface area contributed by atoms with Crippen LogP contribution in [-0.2, 0) is 9.47 Å². The van der Waals surface area contributed by atoms with E-state index in [4.69, 9.17) is 9.47 Å². The van der Waals surface area contributed by atoms with E-state index >= 15 is 0 Å². The summed E-state index contributed by atoms with van der Waals surface area (Å²) in [7, 11) is 0. The first kappa shape index (κ1) is 10.0. The molecule has 0 aliphatic carbocycles. The minimum absolute atomic E-state index is 0.152. The molecule has 0 amide bonds. The van der Waals surface area contributed by atoms with Gasteiger partial charge in [-0.2, -0.15) is 0 Å². The SMILES string of the molecule is C[C@@H]1[C@@H](O)C[C@@H]2[C@H]3OC(C)(C)O[C@H]3CN12. The molecule has 4 nitrogen and oxygen atoms in total. The van der Waals surface area contributed by atoms with Crippen LogP contribution in [0.5, 0.6) is 0 Å². The van der Waals surface area contributed by atoms with Gasteiger partial charge in [0, 0.05) is 18.6 Å². The molecule has 3 aliphatic heterocycles. The maximum Gasteiger partial charge on any atom is 0.163 e. The molecule has 1 N–H and O–H groups in total. The van der Waals surface area contributed by atoms with Gasteiger partial charge in [-0.25, -0.2) is 0 Å². The topological polar surface area (TPSA) is 41.9 Å². The maximum atomic E-state index is 9.82. The Balaban J connectivity index is 1.80. The van der Waals surface area contributed by atoms with Crippen molar-refractivity contribution in [3.63, 3.8) is 0 Å². The normalized spacial score (nSPS) is 53.2. The Morgan fingerprint density at radius 3 is 2.80 bits per heavy atom. The van der Waals surface area contributed by atoms with Gasteiger partial charge in [-0.3, -0.25) is 4.90 Å². The molecule has 0 radical (unpaired) electrons. The highest BCUT2D eigenvalue weighted by Gasteiger charge is 2.57. The van der Waals surface area contributed by atoms with Gasteiger partial charge < -0.3 is 14.6 Å². The lowest BCUT2D eigenvalue weighted by atomic mass is 10.1. The standard InChI is InChI=1S/C11H19NO3/c1-6-8(13)4-7-10-9(5-12(6)7)14-11(2,3)15-10/h6-10,13H,4-5H2,1-3H3/t6-,7-,8+,9+,10-/m1/s1. The van der Waals surface area contributed by atoms with E-state index in [2.05, 4.69) is 11.8 Å². The molecule has 0 bridgehead atoms. The van der Waals surface area contributed by atoms with Crippen LogP contribution in [0.25, 0.3) is 0 Å². The Labute approximate surface area is 90.2 Å². The van der Waals surface area contributed by atoms with Gasteiger partial charge >= 0.3 is 0 Å². The summed E-state index contributed by atoms with van der Waals surface area (Å²) < 4.78 is 11.8. The van der Waals surface area contributed by atoms with Crippen LogP contribution in [0.1, 0.15) is 27.2 Å². The fourth-order valence-corrected chi connectivity index (χ4v) is 3.27. The molecule has 3 heterocycles. The number of ether oxygens (including phenoxy) is 2. The quantitative estimate of drug-likeness (QED) is 0.630. The molecule has 3 rings (SSSR count). The van der Waals surface area contributed by atoms with Gasteiger partial charge in [-0.15, -0.1) is 0 Å². The lowest BCUT2D eigenvalue weighted by molar-refractivity contribution is -0.160. The zero-order chi connectivity index (χ0) is 10.8. The van der Waals surface area contributed by atoms with E-state index in [1.807, 2.05) is 13.8 Å². The van der Waals surface area contributed by atoms with E-state index in [-0.39, 0.29) is 24.4 Å². The molecule has 0 saturated carbocycles. The first-order valence-corrected chi connectivity index (χ1v) is 5.77. The second-order valence-corrected chi connectivity index (χ2v) is 5.45. The smallest absolute Gasteiger partial charge is 0.163 e. The van der Waals surface area contributed by atoms with E-state index in [9.17, 15) is 5.11 Å². The molecule has 3 aliphatic rings. The maximum absolute atomic E-state index is 9.82. The highest BCUT2D eigenvalue weighted by atomic mass is 16.8. The van der Waals surface area contributed by atoms with Gasteiger partial charge in [-0.05, 0) is 27.2 Å². The summed E-state index contributed by atoms with van der Waals surface area (Å²) in [6.45, 7) is 6.91. The number of hydrogen-bond acceptors (Lipinski definition) is 4. The average Bonchev–Trinajstić information content (AvgIpc) is 2.66. The third-order valence-corrected chi connectivity index (χ3v) is 3.98. The first-order valence-electron chi connectivity index (χ1n) is 5.77. The highest BCUT2D eigenvalue weighted by Crippen LogP contribution is 2.42. The number of rotatable bonds is 0. The third kappa shape index (κ3) is 1.35. The van der Waals surface area contributed by atoms with Gasteiger partial charge in [0.1, 0.15) is 12.2 Å². The second-order valence-electron chi connectivity index (χ2n) is 5.45. The molecule has 5 atom stereocenters. The van der Waals surface area contributed by atoms with E-state index in [1.165, 1.54) is 0 Å². The van der Waals surface area contributed by atoms with Gasteiger partial charge in [0.2, 0.25) is 0 Å². The Bertz CT molecular complexity index is 281. The fraction of sp³-hybridized carbons (Fsp3) is 1.00. The number of nitrogens with zero attached hydrogens (tertiary/aromatic N) is 1. The molecule has 15 heavy (non-hydrogen) atoms. The van der Waals surface area contributed by atoms with Crippen molar-refractivity contribution < 1.29 is 14.6 Å². The number of aliphatic hydroxyl groups excluding tert-OH is 1. The third-order valence-electron chi connectivity index (χ3n) is 3.98. The summed E-state index contributed by atoms with van der Waals surface area (Å²) in [5, 5.41) is 9.82. The summed E-state index contributed by atoms with van der Waals surface area (Å²) in [6, 6.07) is 0.595. The summed E-state index contributed by atoms with van der Waals surface area (Å²) >= 11 is 0. The zero-order valence-electron chi connectivity index (χ0n) is 9.51. The highest BCUT2D eigenvalue weighted by molar-refractivity contribution is 5.07. The van der Waals surface area contributed by atoms with Crippen LogP contribution in [0.4, 0.5) is 0 Å². The van der Waals surface area contributed by atoms with Crippen molar-refractivity contribution in [2.45, 2.75) is 63.4 Å². The minimum Gasteiger partial charge on any atom is -0.391 e. The lowest BCUT2D eigenvalue weighted by Gasteiger charge is -2.26. The van der Waals surface area contributed by atoms with Crippen LogP contribution in [-0.4, -0.2) is 52.7 Å². The van der Waals surface area contributed by atoms with E-state index < -0.39 is 5.79 Å². The van der Waals surface area contributed by atoms with Gasteiger partial charge in [0.25, 0.3) is 0 Å². The Morgan fingerprint density at radius 1 is 1.33 bits per heavy atom. The Morgan fingerprint density at radius 2 is 2.07 bits per heavy atom. The molecule has 0 unspecified atom stereocenters. The fourth-order valence-electron chi connectivity index (χ4n) is 3.27. The molecule has 86 valence electrons. The first-order chi connectivity index (χ1) is 6.98. The van der Waals surface area contributed by atoms with Crippen molar-refractivity contribution in [1.82, 2.24) is 4.90 Å². The predicted octanol–water partition coefficient (Wildman–Crippen LogP) is 0.344. The number of aliphatic hydroxyl groups is 1. The van der Waals surface area contributed by atoms with Crippen LogP contribution in [0.3, 0.4) is 0 Å². The molecule has 0 aromatic heterocycles. The van der Waals surface area contributed by atoms with Crippen molar-refractivity contribution in [3.05, 3.63) is 0 Å². The van der Waals surface area contributed by atoms with Crippen LogP contribution in [0.15, 0.2) is 0 Å². The molecule has 0 aromatic rings. The summed E-state index contributed by atoms with van der Waals surface area (Å²) in [5.41, 5.74) is 0. The van der Waals surface area contributed by atoms with Crippen LogP contribution in [0.2, 0.25) is 0 Å². The van der Waals surface area contributed by atoms with E-state index in [0.717, 1.165) is 13.0 Å². The lowest BCUT2D eigenvalue weighted by Crippen LogP contribution is -2.37. The second kappa shape index (κ2) is 2.94. The molecule has 4 heteroatoms. The molecule has 3 saturated heterocycles. The monoisotopic (exact) mass is 213 g/mol. The number of hydrogen-bond donors (Lipinski definition) is 1. The summed E-state index contributed by atoms with van der Waals surface area (Å²) in [6.07, 6.45) is 0.963. The average molecular weight is 213 g/mol. The van der Waals surface area contributed by atoms with Gasteiger partial charge in [-0.1, -0.05) is 0 Å². The van der Waals surface area contributed by atoms with Crippen molar-refractivity contribution in [2.75, 3.05) is 6.54 Å². The molecular formula is C11H19NO3. The van der Waals surface area contributed by atoms with Crippen molar-refractivity contribution in [1.29, 1.82) is 0 Å². The van der Waals surface area contributed by atoms with Crippen LogP contribution < -0.4 is 0 Å². The summed E-state index contributed by atoms with van der Waals surface area (Å²) in [5.74, 6) is -0.446. The van der Waals surface area contributed by atoms with E-state index in [0.29, 0.717) is 6.04 Å². The van der Waals surface area contributed by atoms with Crippen LogP contribution in [0, 0.1) is 0 Å².